The Balaban J connectivity index is 1.76. The molecule has 0 spiro atoms. The maximum absolute atomic E-state index is 12.2. The molecule has 0 bridgehead atoms. The molecule has 1 aromatic rings. The summed E-state index contributed by atoms with van der Waals surface area (Å²) in [6.45, 7) is 1.41. The van der Waals surface area contributed by atoms with Crippen molar-refractivity contribution in [3.8, 4) is 11.5 Å². The van der Waals surface area contributed by atoms with Crippen molar-refractivity contribution in [3.05, 3.63) is 23.8 Å². The van der Waals surface area contributed by atoms with Crippen LogP contribution in [0.15, 0.2) is 18.2 Å². The third kappa shape index (κ3) is 6.44. The molecule has 2 atom stereocenters. The third-order valence-electron chi connectivity index (χ3n) is 4.83. The second kappa shape index (κ2) is 10.5. The smallest absolute Gasteiger partial charge is 0.325 e. The van der Waals surface area contributed by atoms with Crippen molar-refractivity contribution in [2.45, 2.75) is 38.6 Å². The minimum atomic E-state index is -0.685. The summed E-state index contributed by atoms with van der Waals surface area (Å²) >= 11 is 0. The molecule has 28 heavy (non-hydrogen) atoms. The number of hydrogen-bond acceptors (Lipinski definition) is 6. The highest BCUT2D eigenvalue weighted by Gasteiger charge is 2.23. The zero-order chi connectivity index (χ0) is 20.5. The van der Waals surface area contributed by atoms with Gasteiger partial charge in [-0.05, 0) is 30.9 Å². The number of carbonyl (C=O) groups excluding carboxylic acids is 3. The lowest BCUT2D eigenvalue weighted by molar-refractivity contribution is -0.147. The third-order valence-corrected chi connectivity index (χ3v) is 4.83. The summed E-state index contributed by atoms with van der Waals surface area (Å²) in [7, 11) is 2.96. The zero-order valence-electron chi connectivity index (χ0n) is 16.6. The molecule has 0 radical (unpaired) electrons. The Labute approximate surface area is 164 Å². The first-order valence-electron chi connectivity index (χ1n) is 9.39. The first-order valence-corrected chi connectivity index (χ1v) is 9.39. The summed E-state index contributed by atoms with van der Waals surface area (Å²) in [5.41, 5.74) is 0.285. The average molecular weight is 392 g/mol. The molecule has 8 nitrogen and oxygen atoms in total. The van der Waals surface area contributed by atoms with Gasteiger partial charge in [0.1, 0.15) is 18.0 Å². The highest BCUT2D eigenvalue weighted by Crippen LogP contribution is 2.24. The van der Waals surface area contributed by atoms with Crippen LogP contribution in [-0.2, 0) is 14.3 Å². The van der Waals surface area contributed by atoms with Crippen LogP contribution in [0.1, 0.15) is 43.0 Å². The van der Waals surface area contributed by atoms with Crippen molar-refractivity contribution >= 4 is 17.8 Å². The van der Waals surface area contributed by atoms with Crippen LogP contribution in [-0.4, -0.2) is 51.2 Å². The van der Waals surface area contributed by atoms with Gasteiger partial charge in [0.15, 0.2) is 6.61 Å². The molecular formula is C20H28N2O6. The van der Waals surface area contributed by atoms with E-state index in [0.29, 0.717) is 17.4 Å². The van der Waals surface area contributed by atoms with E-state index in [1.807, 2.05) is 0 Å². The van der Waals surface area contributed by atoms with Gasteiger partial charge in [-0.1, -0.05) is 19.8 Å². The molecule has 1 saturated carbocycles. The first-order chi connectivity index (χ1) is 13.4. The van der Waals surface area contributed by atoms with Gasteiger partial charge >= 0.3 is 5.97 Å². The van der Waals surface area contributed by atoms with Crippen LogP contribution in [0.4, 0.5) is 0 Å². The Morgan fingerprint density at radius 1 is 1.04 bits per heavy atom. The molecule has 1 aliphatic rings. The number of benzene rings is 1. The van der Waals surface area contributed by atoms with E-state index in [-0.39, 0.29) is 30.7 Å². The van der Waals surface area contributed by atoms with E-state index in [0.717, 1.165) is 19.3 Å². The molecule has 1 fully saturated rings. The fraction of sp³-hybridized carbons (Fsp3) is 0.550. The molecule has 2 rings (SSSR count). The topological polar surface area (TPSA) is 103 Å². The summed E-state index contributed by atoms with van der Waals surface area (Å²) in [6, 6.07) is 4.82. The Bertz CT molecular complexity index is 684. The molecule has 0 saturated heterocycles. The van der Waals surface area contributed by atoms with Crippen LogP contribution >= 0.6 is 0 Å². The SMILES string of the molecule is COc1cc(OC)cc(C(=O)NCC(=O)OCC(=O)N[C@@H]2CCCC[C@@H]2C)c1. The van der Waals surface area contributed by atoms with Crippen LogP contribution < -0.4 is 20.1 Å². The second-order valence-corrected chi connectivity index (χ2v) is 6.88. The van der Waals surface area contributed by atoms with E-state index in [1.165, 1.54) is 32.8 Å². The highest BCUT2D eigenvalue weighted by atomic mass is 16.5. The summed E-state index contributed by atoms with van der Waals surface area (Å²) in [5.74, 6) is -0.144. The van der Waals surface area contributed by atoms with Gasteiger partial charge in [-0.15, -0.1) is 0 Å². The Morgan fingerprint density at radius 2 is 1.68 bits per heavy atom. The van der Waals surface area contributed by atoms with Crippen LogP contribution in [0.25, 0.3) is 0 Å². The highest BCUT2D eigenvalue weighted by molar-refractivity contribution is 5.96. The number of ether oxygens (including phenoxy) is 3. The minimum Gasteiger partial charge on any atom is -0.497 e. The monoisotopic (exact) mass is 392 g/mol. The lowest BCUT2D eigenvalue weighted by Crippen LogP contribution is -2.43. The van der Waals surface area contributed by atoms with Gasteiger partial charge in [0.2, 0.25) is 0 Å². The number of nitrogens with one attached hydrogen (secondary N) is 2. The number of esters is 1. The number of carbonyl (C=O) groups is 3. The fourth-order valence-corrected chi connectivity index (χ4v) is 3.17. The summed E-state index contributed by atoms with van der Waals surface area (Å²) in [5, 5.41) is 5.37. The zero-order valence-corrected chi connectivity index (χ0v) is 16.6. The van der Waals surface area contributed by atoms with E-state index in [9.17, 15) is 14.4 Å². The summed E-state index contributed by atoms with van der Waals surface area (Å²) in [6.07, 6.45) is 4.31. The van der Waals surface area contributed by atoms with Crippen LogP contribution in [0.3, 0.4) is 0 Å². The Hall–Kier alpha value is -2.77. The minimum absolute atomic E-state index is 0.127. The molecule has 2 N–H and O–H groups in total. The second-order valence-electron chi connectivity index (χ2n) is 6.88. The average Bonchev–Trinajstić information content (AvgIpc) is 2.71. The van der Waals surface area contributed by atoms with Gasteiger partial charge in [-0.2, -0.15) is 0 Å². The molecule has 1 aromatic carbocycles. The van der Waals surface area contributed by atoms with E-state index in [4.69, 9.17) is 14.2 Å². The van der Waals surface area contributed by atoms with Gasteiger partial charge in [-0.3, -0.25) is 14.4 Å². The number of hydrogen-bond donors (Lipinski definition) is 2. The predicted octanol–water partition coefficient (Wildman–Crippen LogP) is 1.67. The lowest BCUT2D eigenvalue weighted by atomic mass is 9.86. The fourth-order valence-electron chi connectivity index (χ4n) is 3.17. The van der Waals surface area contributed by atoms with Crippen LogP contribution in [0, 0.1) is 5.92 Å². The Morgan fingerprint density at radius 3 is 2.29 bits per heavy atom. The summed E-state index contributed by atoms with van der Waals surface area (Å²) in [4.78, 5) is 36.0. The van der Waals surface area contributed by atoms with Gasteiger partial charge in [0, 0.05) is 17.7 Å². The molecule has 0 aliphatic heterocycles. The molecule has 0 unspecified atom stereocenters. The van der Waals surface area contributed by atoms with Crippen molar-refractivity contribution < 1.29 is 28.6 Å². The quantitative estimate of drug-likeness (QED) is 0.653. The van der Waals surface area contributed by atoms with Gasteiger partial charge in [-0.25, -0.2) is 0 Å². The van der Waals surface area contributed by atoms with Crippen molar-refractivity contribution in [3.63, 3.8) is 0 Å². The normalized spacial score (nSPS) is 18.7. The van der Waals surface area contributed by atoms with E-state index in [2.05, 4.69) is 17.6 Å². The first kappa shape index (κ1) is 21.5. The van der Waals surface area contributed by atoms with Crippen molar-refractivity contribution in [1.82, 2.24) is 10.6 Å². The standard InChI is InChI=1S/C20H28N2O6/c1-13-6-4-5-7-17(13)22-18(23)12-28-19(24)11-21-20(25)14-8-15(26-2)10-16(9-14)27-3/h8-10,13,17H,4-7,11-12H2,1-3H3,(H,21,25)(H,22,23)/t13-,17+/m0/s1. The molecule has 0 aromatic heterocycles. The maximum atomic E-state index is 12.2. The maximum Gasteiger partial charge on any atom is 0.325 e. The van der Waals surface area contributed by atoms with E-state index >= 15 is 0 Å². The molecular weight excluding hydrogens is 364 g/mol. The Kier molecular flexibility index (Phi) is 8.10. The number of amides is 2. The van der Waals surface area contributed by atoms with Gasteiger partial charge in [0.05, 0.1) is 14.2 Å². The van der Waals surface area contributed by atoms with Gasteiger partial charge in [0.25, 0.3) is 11.8 Å². The molecule has 8 heteroatoms. The molecule has 154 valence electrons. The largest absolute Gasteiger partial charge is 0.497 e. The lowest BCUT2D eigenvalue weighted by Gasteiger charge is -2.29. The number of rotatable bonds is 8. The molecule has 2 amide bonds. The van der Waals surface area contributed by atoms with E-state index in [1.54, 1.807) is 6.07 Å². The van der Waals surface area contributed by atoms with Crippen molar-refractivity contribution in [1.29, 1.82) is 0 Å². The van der Waals surface area contributed by atoms with Crippen LogP contribution in [0.2, 0.25) is 0 Å². The van der Waals surface area contributed by atoms with E-state index < -0.39 is 11.9 Å². The van der Waals surface area contributed by atoms with Gasteiger partial charge < -0.3 is 24.8 Å². The summed E-state index contributed by atoms with van der Waals surface area (Å²) < 4.78 is 15.2. The van der Waals surface area contributed by atoms with Crippen molar-refractivity contribution in [2.24, 2.45) is 5.92 Å². The van der Waals surface area contributed by atoms with Crippen molar-refractivity contribution in [2.75, 3.05) is 27.4 Å². The molecule has 0 heterocycles. The molecule has 1 aliphatic carbocycles. The van der Waals surface area contributed by atoms with Crippen LogP contribution in [0.5, 0.6) is 11.5 Å². The number of methoxy groups -OCH3 is 2. The predicted molar refractivity (Wildman–Crippen MR) is 102 cm³/mol.